The number of rotatable bonds is 0. The van der Waals surface area contributed by atoms with Crippen LogP contribution in [0.15, 0.2) is 54.7 Å². The van der Waals surface area contributed by atoms with E-state index in [1.165, 1.54) is 5.56 Å². The van der Waals surface area contributed by atoms with Crippen LogP contribution >= 0.6 is 22.6 Å². The van der Waals surface area contributed by atoms with Crippen LogP contribution in [0.4, 0.5) is 23.1 Å². The van der Waals surface area contributed by atoms with Crippen LogP contribution in [0, 0.1) is 3.57 Å². The summed E-state index contributed by atoms with van der Waals surface area (Å²) in [5, 5.41) is 9.67. The maximum Gasteiger partial charge on any atom is 0.229 e. The molecule has 7 heterocycles. The fraction of sp³-hybridized carbons (Fsp3) is 0.370. The summed E-state index contributed by atoms with van der Waals surface area (Å²) in [6.45, 7) is 6.89. The predicted octanol–water partition coefficient (Wildman–Crippen LogP) is 3.97. The van der Waals surface area contributed by atoms with Crippen molar-refractivity contribution in [3.05, 3.63) is 63.9 Å². The van der Waals surface area contributed by atoms with Crippen molar-refractivity contribution >= 4 is 51.6 Å². The van der Waals surface area contributed by atoms with Crippen molar-refractivity contribution in [1.29, 1.82) is 0 Å². The van der Waals surface area contributed by atoms with Gasteiger partial charge >= 0.3 is 0 Å². The van der Waals surface area contributed by atoms with Crippen LogP contribution in [-0.2, 0) is 11.3 Å². The molecule has 9 rings (SSSR count). The molecule has 6 aliphatic rings. The van der Waals surface area contributed by atoms with Crippen LogP contribution in [0.2, 0.25) is 0 Å². The number of hydrogen-bond donors (Lipinski definition) is 3. The number of amides is 1. The number of piperazine rings is 1. The molecule has 1 fully saturated rings. The summed E-state index contributed by atoms with van der Waals surface area (Å²) in [5.41, 5.74) is 3.15. The first kappa shape index (κ1) is 25.7. The second-order valence-electron chi connectivity index (χ2n) is 9.28. The summed E-state index contributed by atoms with van der Waals surface area (Å²) in [4.78, 5) is 26.1. The zero-order chi connectivity index (χ0) is 25.5. The molecule has 0 unspecified atom stereocenters. The van der Waals surface area contributed by atoms with Crippen molar-refractivity contribution in [1.82, 2.24) is 25.1 Å². The molecule has 0 spiro atoms. The second-order valence-corrected chi connectivity index (χ2v) is 10.4. The highest BCUT2D eigenvalue weighted by molar-refractivity contribution is 14.1. The Balaban J connectivity index is 1.29. The minimum atomic E-state index is 0.105. The fourth-order valence-electron chi connectivity index (χ4n) is 4.41. The largest absolute Gasteiger partial charge is 0.492 e. The number of aromatic nitrogens is 2. The van der Waals surface area contributed by atoms with Crippen molar-refractivity contribution in [2.75, 3.05) is 56.5 Å². The van der Waals surface area contributed by atoms with Gasteiger partial charge in [0, 0.05) is 69.8 Å². The highest BCUT2D eigenvalue weighted by Gasteiger charge is 2.17. The number of carbonyl (C=O) groups is 1. The van der Waals surface area contributed by atoms with E-state index in [4.69, 9.17) is 4.74 Å². The average molecular weight is 614 g/mol. The number of ether oxygens (including phenoxy) is 1. The third-order valence-electron chi connectivity index (χ3n) is 6.50. The number of nitrogens with one attached hydrogen (secondary N) is 3. The Bertz CT molecular complexity index is 1200. The normalized spacial score (nSPS) is 20.9. The van der Waals surface area contributed by atoms with Crippen molar-refractivity contribution in [2.45, 2.75) is 19.4 Å². The molecule has 1 aromatic heterocycles. The lowest BCUT2D eigenvalue weighted by molar-refractivity contribution is -0.121. The molecule has 9 nitrogen and oxygen atoms in total. The quantitative estimate of drug-likeness (QED) is 0.328. The lowest BCUT2D eigenvalue weighted by Crippen LogP contribution is -2.46. The van der Waals surface area contributed by atoms with Gasteiger partial charge in [-0.3, -0.25) is 9.69 Å². The van der Waals surface area contributed by atoms with Gasteiger partial charge in [-0.1, -0.05) is 12.1 Å². The van der Waals surface area contributed by atoms with E-state index in [0.717, 1.165) is 72.2 Å². The van der Waals surface area contributed by atoms with Gasteiger partial charge in [-0.2, -0.15) is 4.98 Å². The Morgan fingerprint density at radius 2 is 1.68 bits per heavy atom. The summed E-state index contributed by atoms with van der Waals surface area (Å²) in [7, 11) is 0. The van der Waals surface area contributed by atoms with E-state index >= 15 is 0 Å². The minimum Gasteiger partial charge on any atom is -0.492 e. The van der Waals surface area contributed by atoms with Gasteiger partial charge in [-0.05, 0) is 71.0 Å². The summed E-state index contributed by atoms with van der Waals surface area (Å²) in [6, 6.07) is 16.2. The molecule has 8 bridgehead atoms. The van der Waals surface area contributed by atoms with E-state index in [9.17, 15) is 4.79 Å². The molecule has 0 saturated carbocycles. The first-order valence-electron chi connectivity index (χ1n) is 12.7. The molecule has 0 radical (unpaired) electrons. The molecule has 10 heteroatoms. The van der Waals surface area contributed by atoms with Crippen molar-refractivity contribution in [2.24, 2.45) is 0 Å². The average Bonchev–Trinajstić information content (AvgIpc) is 2.90. The number of benzene rings is 2. The van der Waals surface area contributed by atoms with Crippen LogP contribution < -0.4 is 20.7 Å². The molecular formula is C27H32IN7O2. The second kappa shape index (κ2) is 12.5. The molecule has 3 N–H and O–H groups in total. The Hall–Kier alpha value is -2.96. The highest BCUT2D eigenvalue weighted by Crippen LogP contribution is 2.26. The lowest BCUT2D eigenvalue weighted by Gasteiger charge is -2.34. The molecule has 2 aromatic carbocycles. The molecule has 3 aromatic rings. The van der Waals surface area contributed by atoms with Crippen molar-refractivity contribution in [3.8, 4) is 5.75 Å². The number of hydrogen-bond acceptors (Lipinski definition) is 8. The topological polar surface area (TPSA) is 94.7 Å². The summed E-state index contributed by atoms with van der Waals surface area (Å²) in [6.07, 6.45) is 3.03. The number of fused-ring (bicyclic) bond motifs is 1. The number of nitrogens with zero attached hydrogens (tertiary/aromatic N) is 4. The molecule has 0 atom stereocenters. The van der Waals surface area contributed by atoms with Gasteiger partial charge in [0.1, 0.15) is 11.6 Å². The van der Waals surface area contributed by atoms with Gasteiger partial charge < -0.3 is 25.6 Å². The van der Waals surface area contributed by atoms with Crippen molar-refractivity contribution < 1.29 is 9.53 Å². The first-order valence-corrected chi connectivity index (χ1v) is 13.8. The molecule has 1 saturated heterocycles. The van der Waals surface area contributed by atoms with Crippen molar-refractivity contribution in [3.63, 3.8) is 0 Å². The SMILES string of the molecule is O=C1CCN2CCN(CC2)Cc2ccc(cc2)Nc2ccnc(n2)Nc2ccc(c(I)c2)OCCCN1. The monoisotopic (exact) mass is 613 g/mol. The molecular weight excluding hydrogens is 581 g/mol. The summed E-state index contributed by atoms with van der Waals surface area (Å²) >= 11 is 2.26. The Morgan fingerprint density at radius 3 is 2.49 bits per heavy atom. The summed E-state index contributed by atoms with van der Waals surface area (Å²) < 4.78 is 6.93. The fourth-order valence-corrected chi connectivity index (χ4v) is 5.09. The van der Waals surface area contributed by atoms with Crippen LogP contribution in [0.1, 0.15) is 18.4 Å². The number of halogens is 1. The third-order valence-corrected chi connectivity index (χ3v) is 7.34. The van der Waals surface area contributed by atoms with Gasteiger partial charge in [0.15, 0.2) is 0 Å². The zero-order valence-electron chi connectivity index (χ0n) is 20.8. The van der Waals surface area contributed by atoms with Crippen LogP contribution in [-0.4, -0.2) is 71.6 Å². The zero-order valence-corrected chi connectivity index (χ0v) is 22.9. The number of anilines is 4. The standard InChI is InChI=1S/C27H32IN7O2/c28-23-18-22-6-7-24(23)37-17-1-10-29-26(36)9-12-34-13-15-35(16-14-34)19-20-2-4-21(5-3-20)31-25-8-11-30-27(32-22)33-25/h2-8,11,18H,1,9-10,12-17,19H2,(H,29,36)(H2,30,31,32,33). The minimum absolute atomic E-state index is 0.105. The van der Waals surface area contributed by atoms with Crippen LogP contribution in [0.25, 0.3) is 0 Å². The Morgan fingerprint density at radius 1 is 0.892 bits per heavy atom. The van der Waals surface area contributed by atoms with Crippen LogP contribution in [0.3, 0.4) is 0 Å². The van der Waals surface area contributed by atoms with Crippen LogP contribution in [0.5, 0.6) is 5.75 Å². The molecule has 0 aliphatic carbocycles. The maximum atomic E-state index is 12.3. The van der Waals surface area contributed by atoms with E-state index in [1.54, 1.807) is 6.20 Å². The lowest BCUT2D eigenvalue weighted by atomic mass is 10.1. The maximum absolute atomic E-state index is 12.3. The molecule has 37 heavy (non-hydrogen) atoms. The Kier molecular flexibility index (Phi) is 8.69. The van der Waals surface area contributed by atoms with Gasteiger partial charge in [0.05, 0.1) is 10.2 Å². The van der Waals surface area contributed by atoms with Gasteiger partial charge in [-0.25, -0.2) is 4.98 Å². The highest BCUT2D eigenvalue weighted by atomic mass is 127. The van der Waals surface area contributed by atoms with E-state index in [0.29, 0.717) is 25.5 Å². The number of carbonyl (C=O) groups excluding carboxylic acids is 1. The predicted molar refractivity (Wildman–Crippen MR) is 154 cm³/mol. The Labute approximate surface area is 231 Å². The molecule has 1 amide bonds. The van der Waals surface area contributed by atoms with E-state index in [1.807, 2.05) is 24.3 Å². The smallest absolute Gasteiger partial charge is 0.229 e. The van der Waals surface area contributed by atoms with Gasteiger partial charge in [0.25, 0.3) is 0 Å². The third kappa shape index (κ3) is 7.53. The van der Waals surface area contributed by atoms with E-state index in [-0.39, 0.29) is 5.91 Å². The van der Waals surface area contributed by atoms with Gasteiger partial charge in [-0.15, -0.1) is 0 Å². The molecule has 194 valence electrons. The van der Waals surface area contributed by atoms with Gasteiger partial charge in [0.2, 0.25) is 11.9 Å². The van der Waals surface area contributed by atoms with E-state index in [2.05, 4.69) is 82.6 Å². The summed E-state index contributed by atoms with van der Waals surface area (Å²) in [5.74, 6) is 2.17. The van der Waals surface area contributed by atoms with E-state index < -0.39 is 0 Å². The molecule has 6 aliphatic heterocycles. The first-order chi connectivity index (χ1) is 18.1.